The summed E-state index contributed by atoms with van der Waals surface area (Å²) in [6.07, 6.45) is 2.85. The zero-order chi connectivity index (χ0) is 14.7. The lowest BCUT2D eigenvalue weighted by molar-refractivity contribution is 0.415. The van der Waals surface area contributed by atoms with E-state index < -0.39 is 0 Å². The molecule has 1 N–H and O–H groups in total. The van der Waals surface area contributed by atoms with Crippen LogP contribution < -0.4 is 10.1 Å². The summed E-state index contributed by atoms with van der Waals surface area (Å²) >= 11 is 0. The summed E-state index contributed by atoms with van der Waals surface area (Å²) in [6, 6.07) is 16.5. The molecule has 0 saturated heterocycles. The molecule has 106 valence electrons. The molecule has 21 heavy (non-hydrogen) atoms. The van der Waals surface area contributed by atoms with Gasteiger partial charge in [0.05, 0.1) is 12.8 Å². The van der Waals surface area contributed by atoms with E-state index in [1.54, 1.807) is 7.11 Å². The third-order valence-electron chi connectivity index (χ3n) is 3.69. The molecule has 3 rings (SSSR count). The maximum Gasteiger partial charge on any atom is 0.118 e. The Hall–Kier alpha value is -2.55. The Kier molecular flexibility index (Phi) is 3.73. The van der Waals surface area contributed by atoms with Crippen molar-refractivity contribution in [2.45, 2.75) is 6.42 Å². The number of benzene rings is 2. The molecular formula is C18H18N2O. The number of allylic oxidation sites excluding steroid dienone is 1. The number of rotatable bonds is 4. The standard InChI is InChI=1S/C18H18N2O/c1-19-15-7-3-13(4-8-15)17-11-12-20-18(17)14-5-9-16(21-2)10-6-14/h3-10,12,19H,11H2,1-2H3. The fourth-order valence-electron chi connectivity index (χ4n) is 2.49. The predicted molar refractivity (Wildman–Crippen MR) is 88.9 cm³/mol. The van der Waals surface area contributed by atoms with Gasteiger partial charge >= 0.3 is 0 Å². The van der Waals surface area contributed by atoms with Crippen LogP contribution in [0.5, 0.6) is 5.75 Å². The second-order valence-electron chi connectivity index (χ2n) is 4.90. The van der Waals surface area contributed by atoms with Crippen LogP contribution >= 0.6 is 0 Å². The molecule has 2 aromatic rings. The van der Waals surface area contributed by atoms with Crippen LogP contribution in [-0.4, -0.2) is 20.4 Å². The fraction of sp³-hybridized carbons (Fsp3) is 0.167. The highest BCUT2D eigenvalue weighted by molar-refractivity contribution is 6.02. The zero-order valence-electron chi connectivity index (χ0n) is 12.3. The first-order valence-electron chi connectivity index (χ1n) is 7.00. The van der Waals surface area contributed by atoms with E-state index in [1.165, 1.54) is 11.1 Å². The minimum atomic E-state index is 0.862. The molecule has 0 radical (unpaired) electrons. The lowest BCUT2D eigenvalue weighted by Gasteiger charge is -2.08. The summed E-state index contributed by atoms with van der Waals surface area (Å²) in [7, 11) is 3.60. The van der Waals surface area contributed by atoms with Crippen LogP contribution in [0.4, 0.5) is 5.69 Å². The lowest BCUT2D eigenvalue weighted by atomic mass is 9.99. The molecule has 1 aliphatic heterocycles. The smallest absolute Gasteiger partial charge is 0.118 e. The molecule has 0 unspecified atom stereocenters. The van der Waals surface area contributed by atoms with Gasteiger partial charge in [-0.1, -0.05) is 12.1 Å². The second-order valence-corrected chi connectivity index (χ2v) is 4.90. The van der Waals surface area contributed by atoms with Gasteiger partial charge in [0.1, 0.15) is 5.75 Å². The van der Waals surface area contributed by atoms with E-state index in [4.69, 9.17) is 4.74 Å². The number of methoxy groups -OCH3 is 1. The summed E-state index contributed by atoms with van der Waals surface area (Å²) < 4.78 is 5.21. The highest BCUT2D eigenvalue weighted by Gasteiger charge is 2.14. The van der Waals surface area contributed by atoms with Gasteiger partial charge in [-0.2, -0.15) is 0 Å². The largest absolute Gasteiger partial charge is 0.497 e. The highest BCUT2D eigenvalue weighted by Crippen LogP contribution is 2.34. The number of anilines is 1. The van der Waals surface area contributed by atoms with Crippen LogP contribution in [0, 0.1) is 0 Å². The van der Waals surface area contributed by atoms with Crippen molar-refractivity contribution in [3.05, 3.63) is 59.7 Å². The van der Waals surface area contributed by atoms with Crippen molar-refractivity contribution in [2.75, 3.05) is 19.5 Å². The van der Waals surface area contributed by atoms with Crippen molar-refractivity contribution in [1.82, 2.24) is 0 Å². The molecular weight excluding hydrogens is 260 g/mol. The van der Waals surface area contributed by atoms with Gasteiger partial charge < -0.3 is 10.1 Å². The molecule has 0 bridgehead atoms. The molecule has 0 aliphatic carbocycles. The first-order chi connectivity index (χ1) is 10.3. The van der Waals surface area contributed by atoms with Gasteiger partial charge in [-0.25, -0.2) is 0 Å². The molecule has 0 saturated carbocycles. The van der Waals surface area contributed by atoms with E-state index in [9.17, 15) is 0 Å². The van der Waals surface area contributed by atoms with E-state index in [-0.39, 0.29) is 0 Å². The molecule has 1 heterocycles. The van der Waals surface area contributed by atoms with Crippen molar-refractivity contribution >= 4 is 23.2 Å². The molecule has 1 aliphatic rings. The van der Waals surface area contributed by atoms with Crippen LogP contribution in [0.15, 0.2) is 53.5 Å². The molecule has 0 spiro atoms. The Morgan fingerprint density at radius 2 is 1.62 bits per heavy atom. The van der Waals surface area contributed by atoms with Gasteiger partial charge in [-0.15, -0.1) is 0 Å². The van der Waals surface area contributed by atoms with Crippen molar-refractivity contribution in [1.29, 1.82) is 0 Å². The van der Waals surface area contributed by atoms with Gasteiger partial charge in [0, 0.05) is 30.9 Å². The zero-order valence-corrected chi connectivity index (χ0v) is 12.3. The average molecular weight is 278 g/mol. The Morgan fingerprint density at radius 1 is 0.952 bits per heavy atom. The van der Waals surface area contributed by atoms with Gasteiger partial charge in [-0.3, -0.25) is 4.99 Å². The van der Waals surface area contributed by atoms with E-state index in [0.717, 1.165) is 29.1 Å². The molecule has 0 amide bonds. The van der Waals surface area contributed by atoms with Crippen molar-refractivity contribution in [2.24, 2.45) is 4.99 Å². The van der Waals surface area contributed by atoms with Crippen LogP contribution in [0.1, 0.15) is 17.5 Å². The van der Waals surface area contributed by atoms with Gasteiger partial charge in [-0.05, 0) is 47.5 Å². The Morgan fingerprint density at radius 3 is 2.24 bits per heavy atom. The molecule has 0 aromatic heterocycles. The summed E-state index contributed by atoms with van der Waals surface area (Å²) in [4.78, 5) is 4.56. The summed E-state index contributed by atoms with van der Waals surface area (Å²) in [6.45, 7) is 0. The summed E-state index contributed by atoms with van der Waals surface area (Å²) in [5.74, 6) is 0.862. The first kappa shape index (κ1) is 13.4. The molecule has 0 atom stereocenters. The molecule has 3 heteroatoms. The van der Waals surface area contributed by atoms with E-state index in [2.05, 4.69) is 46.7 Å². The predicted octanol–water partition coefficient (Wildman–Crippen LogP) is 4.08. The van der Waals surface area contributed by atoms with Gasteiger partial charge in [0.15, 0.2) is 0 Å². The van der Waals surface area contributed by atoms with Crippen LogP contribution in [0.3, 0.4) is 0 Å². The number of ether oxygens (including phenoxy) is 1. The second kappa shape index (κ2) is 5.83. The van der Waals surface area contributed by atoms with Crippen LogP contribution in [0.25, 0.3) is 11.3 Å². The number of nitrogens with zero attached hydrogens (tertiary/aromatic N) is 1. The number of hydrogen-bond donors (Lipinski definition) is 1. The fourth-order valence-corrected chi connectivity index (χ4v) is 2.49. The van der Waals surface area contributed by atoms with E-state index in [0.29, 0.717) is 0 Å². The molecule has 0 fully saturated rings. The van der Waals surface area contributed by atoms with E-state index >= 15 is 0 Å². The maximum atomic E-state index is 5.21. The first-order valence-corrected chi connectivity index (χ1v) is 7.00. The Labute approximate surface area is 125 Å². The minimum Gasteiger partial charge on any atom is -0.497 e. The Bertz CT molecular complexity index is 682. The van der Waals surface area contributed by atoms with Gasteiger partial charge in [0.25, 0.3) is 0 Å². The normalized spacial score (nSPS) is 13.6. The number of aliphatic imine (C=N–C) groups is 1. The molecule has 2 aromatic carbocycles. The average Bonchev–Trinajstić information content (AvgIpc) is 3.04. The van der Waals surface area contributed by atoms with Crippen LogP contribution in [-0.2, 0) is 0 Å². The van der Waals surface area contributed by atoms with Crippen molar-refractivity contribution in [3.8, 4) is 5.75 Å². The molecule has 3 nitrogen and oxygen atoms in total. The number of hydrogen-bond acceptors (Lipinski definition) is 3. The lowest BCUT2D eigenvalue weighted by Crippen LogP contribution is -1.90. The van der Waals surface area contributed by atoms with Crippen molar-refractivity contribution < 1.29 is 4.74 Å². The van der Waals surface area contributed by atoms with Crippen LogP contribution in [0.2, 0.25) is 0 Å². The topological polar surface area (TPSA) is 33.6 Å². The monoisotopic (exact) mass is 278 g/mol. The third-order valence-corrected chi connectivity index (χ3v) is 3.69. The Balaban J connectivity index is 1.98. The summed E-state index contributed by atoms with van der Waals surface area (Å²) in [5, 5.41) is 3.14. The SMILES string of the molecule is CNc1ccc(C2=C(c3ccc(OC)cc3)N=CC2)cc1. The maximum absolute atomic E-state index is 5.21. The summed E-state index contributed by atoms with van der Waals surface area (Å²) in [5.41, 5.74) is 5.77. The third kappa shape index (κ3) is 2.68. The quantitative estimate of drug-likeness (QED) is 0.914. The van der Waals surface area contributed by atoms with Crippen molar-refractivity contribution in [3.63, 3.8) is 0 Å². The van der Waals surface area contributed by atoms with E-state index in [1.807, 2.05) is 25.4 Å². The highest BCUT2D eigenvalue weighted by atomic mass is 16.5. The van der Waals surface area contributed by atoms with Gasteiger partial charge in [0.2, 0.25) is 0 Å². The minimum absolute atomic E-state index is 0.862. The number of nitrogens with one attached hydrogen (secondary N) is 1.